The van der Waals surface area contributed by atoms with Crippen LogP contribution in [0.25, 0.3) is 0 Å². The number of aryl methyl sites for hydroxylation is 1. The molecule has 4 nitrogen and oxygen atoms in total. The van der Waals surface area contributed by atoms with E-state index in [2.05, 4.69) is 5.32 Å². The number of rotatable bonds is 5. The number of benzene rings is 1. The molecule has 0 aliphatic rings. The van der Waals surface area contributed by atoms with Gasteiger partial charge in [-0.2, -0.15) is 0 Å². The number of likely N-dealkylation sites (N-methyl/N-ethyl adjacent to an activating group) is 1. The second-order valence-electron chi connectivity index (χ2n) is 5.12. The monoisotopic (exact) mass is 290 g/mol. The third-order valence-electron chi connectivity index (χ3n) is 3.20. The van der Waals surface area contributed by atoms with Gasteiger partial charge in [0.15, 0.2) is 0 Å². The number of carbonyl (C=O) groups excluding carboxylic acids is 1. The molecule has 112 valence electrons. The van der Waals surface area contributed by atoms with Crippen molar-refractivity contribution in [2.24, 2.45) is 0 Å². The van der Waals surface area contributed by atoms with Crippen LogP contribution >= 0.6 is 0 Å². The Labute approximate surface area is 123 Å². The standard InChI is InChI=1S/C16H19FN2O2/c1-11-8-9-12(21-11)10-18-16(20)15(19(2)3)13-6-4-5-7-14(13)17/h4-9,15H,10H2,1-3H3,(H,18,20). The van der Waals surface area contributed by atoms with Gasteiger partial charge in [-0.05, 0) is 39.2 Å². The van der Waals surface area contributed by atoms with Gasteiger partial charge in [-0.15, -0.1) is 0 Å². The molecule has 1 amide bonds. The summed E-state index contributed by atoms with van der Waals surface area (Å²) in [6.45, 7) is 2.12. The van der Waals surface area contributed by atoms with Gasteiger partial charge in [0.25, 0.3) is 0 Å². The predicted molar refractivity (Wildman–Crippen MR) is 78.1 cm³/mol. The van der Waals surface area contributed by atoms with E-state index in [4.69, 9.17) is 4.42 Å². The normalized spacial score (nSPS) is 12.4. The summed E-state index contributed by atoms with van der Waals surface area (Å²) in [4.78, 5) is 14.0. The van der Waals surface area contributed by atoms with Crippen molar-refractivity contribution in [1.82, 2.24) is 10.2 Å². The zero-order valence-electron chi connectivity index (χ0n) is 12.4. The average Bonchev–Trinajstić information content (AvgIpc) is 2.84. The van der Waals surface area contributed by atoms with Crippen molar-refractivity contribution in [1.29, 1.82) is 0 Å². The minimum Gasteiger partial charge on any atom is -0.465 e. The lowest BCUT2D eigenvalue weighted by Crippen LogP contribution is -2.37. The lowest BCUT2D eigenvalue weighted by atomic mass is 10.0. The summed E-state index contributed by atoms with van der Waals surface area (Å²) in [6.07, 6.45) is 0. The molecular weight excluding hydrogens is 271 g/mol. The minimum atomic E-state index is -0.678. The Morgan fingerprint density at radius 1 is 1.29 bits per heavy atom. The highest BCUT2D eigenvalue weighted by atomic mass is 19.1. The Morgan fingerprint density at radius 3 is 2.57 bits per heavy atom. The number of hydrogen-bond acceptors (Lipinski definition) is 3. The van der Waals surface area contributed by atoms with Gasteiger partial charge < -0.3 is 9.73 Å². The van der Waals surface area contributed by atoms with Gasteiger partial charge in [0.05, 0.1) is 6.54 Å². The number of halogens is 1. The molecule has 1 heterocycles. The predicted octanol–water partition coefficient (Wildman–Crippen LogP) is 2.65. The van der Waals surface area contributed by atoms with Crippen LogP contribution in [0, 0.1) is 12.7 Å². The lowest BCUT2D eigenvalue weighted by Gasteiger charge is -2.24. The zero-order chi connectivity index (χ0) is 15.4. The first-order chi connectivity index (χ1) is 9.99. The zero-order valence-corrected chi connectivity index (χ0v) is 12.4. The Balaban J connectivity index is 2.11. The van der Waals surface area contributed by atoms with Gasteiger partial charge in [0.2, 0.25) is 5.91 Å². The molecule has 1 atom stereocenters. The van der Waals surface area contributed by atoms with Crippen molar-refractivity contribution in [3.05, 3.63) is 59.3 Å². The first kappa shape index (κ1) is 15.3. The quantitative estimate of drug-likeness (QED) is 0.920. The van der Waals surface area contributed by atoms with E-state index >= 15 is 0 Å². The molecule has 1 unspecified atom stereocenters. The fourth-order valence-corrected chi connectivity index (χ4v) is 2.20. The molecule has 2 aromatic rings. The molecule has 0 saturated heterocycles. The Hall–Kier alpha value is -2.14. The molecule has 0 aliphatic carbocycles. The highest BCUT2D eigenvalue weighted by Crippen LogP contribution is 2.21. The maximum atomic E-state index is 13.9. The largest absolute Gasteiger partial charge is 0.465 e. The van der Waals surface area contributed by atoms with Crippen molar-refractivity contribution in [2.45, 2.75) is 19.5 Å². The van der Waals surface area contributed by atoms with Crippen molar-refractivity contribution < 1.29 is 13.6 Å². The van der Waals surface area contributed by atoms with E-state index in [0.29, 0.717) is 11.3 Å². The first-order valence-electron chi connectivity index (χ1n) is 6.73. The van der Waals surface area contributed by atoms with Crippen LogP contribution in [0.1, 0.15) is 23.1 Å². The molecule has 0 bridgehead atoms. The highest BCUT2D eigenvalue weighted by Gasteiger charge is 2.25. The van der Waals surface area contributed by atoms with E-state index in [9.17, 15) is 9.18 Å². The Bertz CT molecular complexity index is 622. The second-order valence-corrected chi connectivity index (χ2v) is 5.12. The lowest BCUT2D eigenvalue weighted by molar-refractivity contribution is -0.126. The summed E-state index contributed by atoms with van der Waals surface area (Å²) in [5.41, 5.74) is 0.357. The summed E-state index contributed by atoms with van der Waals surface area (Å²) < 4.78 is 19.3. The van der Waals surface area contributed by atoms with Crippen LogP contribution in [-0.2, 0) is 11.3 Å². The molecule has 5 heteroatoms. The van der Waals surface area contributed by atoms with E-state index in [1.165, 1.54) is 6.07 Å². The van der Waals surface area contributed by atoms with Crippen LogP contribution < -0.4 is 5.32 Å². The summed E-state index contributed by atoms with van der Waals surface area (Å²) >= 11 is 0. The summed E-state index contributed by atoms with van der Waals surface area (Å²) in [5.74, 6) is 0.809. The summed E-state index contributed by atoms with van der Waals surface area (Å²) in [6, 6.07) is 9.27. The third-order valence-corrected chi connectivity index (χ3v) is 3.20. The van der Waals surface area contributed by atoms with Crippen LogP contribution in [0.4, 0.5) is 4.39 Å². The summed E-state index contributed by atoms with van der Waals surface area (Å²) in [7, 11) is 3.49. The molecule has 0 radical (unpaired) electrons. The van der Waals surface area contributed by atoms with Crippen molar-refractivity contribution in [2.75, 3.05) is 14.1 Å². The molecule has 0 aliphatic heterocycles. The summed E-state index contributed by atoms with van der Waals surface area (Å²) in [5, 5.41) is 2.78. The SMILES string of the molecule is Cc1ccc(CNC(=O)C(c2ccccc2F)N(C)C)o1. The number of hydrogen-bond donors (Lipinski definition) is 1. The smallest absolute Gasteiger partial charge is 0.242 e. The van der Waals surface area contributed by atoms with Gasteiger partial charge in [-0.3, -0.25) is 9.69 Å². The minimum absolute atomic E-state index is 0.265. The van der Waals surface area contributed by atoms with Gasteiger partial charge >= 0.3 is 0 Å². The molecule has 1 aromatic carbocycles. The van der Waals surface area contributed by atoms with Crippen LogP contribution in [0.2, 0.25) is 0 Å². The van der Waals surface area contributed by atoms with Crippen molar-refractivity contribution in [3.8, 4) is 0 Å². The van der Waals surface area contributed by atoms with Crippen molar-refractivity contribution in [3.63, 3.8) is 0 Å². The highest BCUT2D eigenvalue weighted by molar-refractivity contribution is 5.83. The van der Waals surface area contributed by atoms with Gasteiger partial charge in [-0.1, -0.05) is 18.2 Å². The molecule has 1 N–H and O–H groups in total. The maximum absolute atomic E-state index is 13.9. The van der Waals surface area contributed by atoms with E-state index in [0.717, 1.165) is 5.76 Å². The van der Waals surface area contributed by atoms with Crippen molar-refractivity contribution >= 4 is 5.91 Å². The number of nitrogens with zero attached hydrogens (tertiary/aromatic N) is 1. The molecule has 0 spiro atoms. The van der Waals surface area contributed by atoms with Crippen LogP contribution in [0.15, 0.2) is 40.8 Å². The fraction of sp³-hybridized carbons (Fsp3) is 0.312. The number of carbonyl (C=O) groups is 1. The Kier molecular flexibility index (Phi) is 4.75. The molecular formula is C16H19FN2O2. The Morgan fingerprint density at radius 2 is 2.00 bits per heavy atom. The van der Waals surface area contributed by atoms with Gasteiger partial charge in [-0.25, -0.2) is 4.39 Å². The molecule has 0 saturated carbocycles. The van der Waals surface area contributed by atoms with E-state index < -0.39 is 6.04 Å². The van der Waals surface area contributed by atoms with E-state index in [1.807, 2.05) is 19.1 Å². The number of furan rings is 1. The number of amides is 1. The first-order valence-corrected chi connectivity index (χ1v) is 6.73. The van der Waals surface area contributed by atoms with Crippen LogP contribution in [0.3, 0.4) is 0 Å². The van der Waals surface area contributed by atoms with Crippen LogP contribution in [0.5, 0.6) is 0 Å². The molecule has 21 heavy (non-hydrogen) atoms. The van der Waals surface area contributed by atoms with E-state index in [1.54, 1.807) is 37.2 Å². The maximum Gasteiger partial charge on any atom is 0.242 e. The second kappa shape index (κ2) is 6.54. The van der Waals surface area contributed by atoms with E-state index in [-0.39, 0.29) is 18.3 Å². The topological polar surface area (TPSA) is 45.5 Å². The third kappa shape index (κ3) is 3.70. The van der Waals surface area contributed by atoms with Gasteiger partial charge in [0.1, 0.15) is 23.4 Å². The molecule has 2 rings (SSSR count). The van der Waals surface area contributed by atoms with Gasteiger partial charge in [0, 0.05) is 5.56 Å². The average molecular weight is 290 g/mol. The van der Waals surface area contributed by atoms with Crippen LogP contribution in [-0.4, -0.2) is 24.9 Å². The molecule has 1 aromatic heterocycles. The number of nitrogens with one attached hydrogen (secondary N) is 1. The fourth-order valence-electron chi connectivity index (χ4n) is 2.20. The molecule has 0 fully saturated rings.